The quantitative estimate of drug-likeness (QED) is 0.499. The van der Waals surface area contributed by atoms with Crippen LogP contribution in [0.1, 0.15) is 0 Å². The largest absolute Gasteiger partial charge is 0.206 e. The van der Waals surface area contributed by atoms with Gasteiger partial charge in [-0.25, -0.2) is 8.78 Å². The molecule has 0 unspecified atom stereocenters. The lowest BCUT2D eigenvalue weighted by atomic mass is 10.3. The molecule has 0 aliphatic carbocycles. The molecule has 0 nitrogen and oxygen atoms in total. The number of rotatable bonds is 0. The van der Waals surface area contributed by atoms with Gasteiger partial charge in [-0.2, -0.15) is 0 Å². The van der Waals surface area contributed by atoms with E-state index in [0.717, 1.165) is 6.07 Å². The first kappa shape index (κ1) is 9.42. The highest BCUT2D eigenvalue weighted by molar-refractivity contribution is 9.11. The van der Waals surface area contributed by atoms with Crippen LogP contribution in [0.3, 0.4) is 0 Å². The minimum Gasteiger partial charge on any atom is -0.206 e. The fourth-order valence-electron chi connectivity index (χ4n) is 0.544. The van der Waals surface area contributed by atoms with E-state index in [2.05, 4.69) is 31.9 Å². The summed E-state index contributed by atoms with van der Waals surface area (Å²) >= 11 is 11.0. The number of benzene rings is 1. The van der Waals surface area contributed by atoms with Crippen molar-refractivity contribution in [2.45, 2.75) is 0 Å². The predicted octanol–water partition coefficient (Wildman–Crippen LogP) is 4.14. The lowest BCUT2D eigenvalue weighted by molar-refractivity contribution is 0.567. The second kappa shape index (κ2) is 3.37. The van der Waals surface area contributed by atoms with Crippen LogP contribution < -0.4 is 0 Å². The zero-order chi connectivity index (χ0) is 8.59. The summed E-state index contributed by atoms with van der Waals surface area (Å²) in [6, 6.07) is 1.03. The topological polar surface area (TPSA) is 0 Å². The summed E-state index contributed by atoms with van der Waals surface area (Å²) < 4.78 is 25.3. The summed E-state index contributed by atoms with van der Waals surface area (Å²) in [4.78, 5) is 0. The molecule has 1 aromatic carbocycles. The van der Waals surface area contributed by atoms with Gasteiger partial charge in [-0.3, -0.25) is 0 Å². The molecule has 0 bridgehead atoms. The van der Waals surface area contributed by atoms with E-state index in [0.29, 0.717) is 0 Å². The van der Waals surface area contributed by atoms with E-state index in [4.69, 9.17) is 11.6 Å². The molecule has 0 amide bonds. The molecule has 60 valence electrons. The van der Waals surface area contributed by atoms with Gasteiger partial charge in [-0.05, 0) is 37.9 Å². The Hall–Kier alpha value is 0.330. The Kier molecular flexibility index (Phi) is 2.89. The van der Waals surface area contributed by atoms with E-state index in [9.17, 15) is 8.78 Å². The second-order valence-electron chi connectivity index (χ2n) is 1.78. The average molecular weight is 306 g/mol. The molecule has 0 aliphatic heterocycles. The van der Waals surface area contributed by atoms with Crippen molar-refractivity contribution in [2.24, 2.45) is 0 Å². The third kappa shape index (κ3) is 1.73. The number of hydrogen-bond donors (Lipinski definition) is 0. The van der Waals surface area contributed by atoms with Crippen LogP contribution in [0, 0.1) is 11.6 Å². The molecular weight excluding hydrogens is 305 g/mol. The van der Waals surface area contributed by atoms with Gasteiger partial charge < -0.3 is 0 Å². The Balaban J connectivity index is 3.46. The maximum absolute atomic E-state index is 12.8. The summed E-state index contributed by atoms with van der Waals surface area (Å²) in [6.07, 6.45) is 0. The van der Waals surface area contributed by atoms with Crippen LogP contribution in [0.2, 0.25) is 5.02 Å². The highest BCUT2D eigenvalue weighted by Gasteiger charge is 2.12. The second-order valence-corrected chi connectivity index (χ2v) is 3.78. The summed E-state index contributed by atoms with van der Waals surface area (Å²) in [5, 5.41) is 0.0169. The lowest BCUT2D eigenvalue weighted by Gasteiger charge is -2.00. The normalized spacial score (nSPS) is 10.3. The maximum atomic E-state index is 12.8. The van der Waals surface area contributed by atoms with Gasteiger partial charge >= 0.3 is 0 Å². The molecule has 0 aromatic heterocycles. The Labute approximate surface area is 83.8 Å². The van der Waals surface area contributed by atoms with Crippen LogP contribution >= 0.6 is 43.5 Å². The van der Waals surface area contributed by atoms with Gasteiger partial charge in [0.2, 0.25) is 0 Å². The standard InChI is InChI=1S/C6HBr2ClF2/c7-4-2(9)1-3(10)5(8)6(4)11/h1H. The first-order chi connectivity index (χ1) is 5.04. The first-order valence-electron chi connectivity index (χ1n) is 2.52. The van der Waals surface area contributed by atoms with Crippen LogP contribution in [0.25, 0.3) is 0 Å². The molecule has 0 aliphatic rings. The average Bonchev–Trinajstić information content (AvgIpc) is 1.97. The van der Waals surface area contributed by atoms with Crippen molar-refractivity contribution in [3.8, 4) is 0 Å². The molecule has 1 aromatic rings. The molecule has 5 heteroatoms. The van der Waals surface area contributed by atoms with Crippen molar-refractivity contribution in [3.63, 3.8) is 0 Å². The third-order valence-electron chi connectivity index (χ3n) is 1.06. The van der Waals surface area contributed by atoms with Gasteiger partial charge in [-0.1, -0.05) is 11.6 Å². The van der Waals surface area contributed by atoms with Crippen LogP contribution in [0.15, 0.2) is 15.0 Å². The van der Waals surface area contributed by atoms with Crippen molar-refractivity contribution >= 4 is 43.5 Å². The highest BCUT2D eigenvalue weighted by atomic mass is 79.9. The molecule has 1 rings (SSSR count). The van der Waals surface area contributed by atoms with Gasteiger partial charge in [0.25, 0.3) is 0 Å². The Morgan fingerprint density at radius 2 is 1.73 bits per heavy atom. The minimum absolute atomic E-state index is 0.0169. The summed E-state index contributed by atoms with van der Waals surface area (Å²) in [5.74, 6) is -1.44. The van der Waals surface area contributed by atoms with Crippen molar-refractivity contribution in [1.82, 2.24) is 0 Å². The van der Waals surface area contributed by atoms with Gasteiger partial charge in [0.05, 0.1) is 14.0 Å². The van der Waals surface area contributed by atoms with E-state index in [-0.39, 0.29) is 14.0 Å². The molecule has 0 radical (unpaired) electrons. The SMILES string of the molecule is Fc1cc(Cl)c(Br)c(F)c1Br. The summed E-state index contributed by atoms with van der Waals surface area (Å²) in [6.45, 7) is 0. The Bertz CT molecular complexity index is 275. The summed E-state index contributed by atoms with van der Waals surface area (Å²) in [7, 11) is 0. The predicted molar refractivity (Wildman–Crippen MR) is 46.8 cm³/mol. The smallest absolute Gasteiger partial charge is 0.156 e. The van der Waals surface area contributed by atoms with Crippen molar-refractivity contribution in [2.75, 3.05) is 0 Å². The molecule has 0 spiro atoms. The monoisotopic (exact) mass is 304 g/mol. The van der Waals surface area contributed by atoms with Gasteiger partial charge in [0.15, 0.2) is 5.82 Å². The molecule has 0 saturated carbocycles. The Morgan fingerprint density at radius 1 is 1.18 bits per heavy atom. The zero-order valence-electron chi connectivity index (χ0n) is 4.97. The van der Waals surface area contributed by atoms with E-state index >= 15 is 0 Å². The molecule has 0 heterocycles. The van der Waals surface area contributed by atoms with Gasteiger partial charge in [0, 0.05) is 0 Å². The van der Waals surface area contributed by atoms with Crippen molar-refractivity contribution in [1.29, 1.82) is 0 Å². The minimum atomic E-state index is -0.727. The highest BCUT2D eigenvalue weighted by Crippen LogP contribution is 2.32. The molecule has 0 fully saturated rings. The lowest BCUT2D eigenvalue weighted by Crippen LogP contribution is -1.86. The fourth-order valence-corrected chi connectivity index (χ4v) is 1.61. The van der Waals surface area contributed by atoms with Crippen LogP contribution in [0.5, 0.6) is 0 Å². The van der Waals surface area contributed by atoms with Gasteiger partial charge in [0.1, 0.15) is 5.82 Å². The molecule has 11 heavy (non-hydrogen) atoms. The van der Waals surface area contributed by atoms with Crippen molar-refractivity contribution in [3.05, 3.63) is 31.7 Å². The van der Waals surface area contributed by atoms with E-state index in [1.807, 2.05) is 0 Å². The number of hydrogen-bond acceptors (Lipinski definition) is 0. The molecular formula is C6HBr2ClF2. The molecule has 0 atom stereocenters. The van der Waals surface area contributed by atoms with Crippen molar-refractivity contribution < 1.29 is 8.78 Å². The third-order valence-corrected chi connectivity index (χ3v) is 3.09. The Morgan fingerprint density at radius 3 is 2.27 bits per heavy atom. The maximum Gasteiger partial charge on any atom is 0.156 e. The van der Waals surface area contributed by atoms with E-state index in [1.165, 1.54) is 0 Å². The fraction of sp³-hybridized carbons (Fsp3) is 0. The van der Waals surface area contributed by atoms with Gasteiger partial charge in [-0.15, -0.1) is 0 Å². The van der Waals surface area contributed by atoms with Crippen LogP contribution in [-0.4, -0.2) is 0 Å². The molecule has 0 N–H and O–H groups in total. The van der Waals surface area contributed by atoms with Crippen LogP contribution in [0.4, 0.5) is 8.78 Å². The zero-order valence-corrected chi connectivity index (χ0v) is 8.90. The summed E-state index contributed by atoms with van der Waals surface area (Å²) in [5.41, 5.74) is 0. The first-order valence-corrected chi connectivity index (χ1v) is 4.49. The van der Waals surface area contributed by atoms with E-state index < -0.39 is 11.6 Å². The molecule has 0 saturated heterocycles. The van der Waals surface area contributed by atoms with E-state index in [1.54, 1.807) is 0 Å². The number of halogens is 5. The van der Waals surface area contributed by atoms with Crippen LogP contribution in [-0.2, 0) is 0 Å².